The van der Waals surface area contributed by atoms with Gasteiger partial charge >= 0.3 is 0 Å². The Hall–Kier alpha value is -1.62. The van der Waals surface area contributed by atoms with Crippen LogP contribution in [0.4, 0.5) is 4.39 Å². The number of phenols is 1. The number of halogens is 1. The Balaban J connectivity index is 2.08. The molecule has 1 amide bonds. The fourth-order valence-electron chi connectivity index (χ4n) is 2.14. The molecule has 0 aliphatic carbocycles. The second kappa shape index (κ2) is 5.35. The molecule has 1 N–H and O–H groups in total. The zero-order chi connectivity index (χ0) is 13.1. The largest absolute Gasteiger partial charge is 0.508 e. The van der Waals surface area contributed by atoms with Crippen LogP contribution in [0.5, 0.6) is 5.75 Å². The number of rotatable bonds is 2. The van der Waals surface area contributed by atoms with Crippen molar-refractivity contribution in [3.8, 4) is 5.75 Å². The van der Waals surface area contributed by atoms with Crippen LogP contribution < -0.4 is 0 Å². The Morgan fingerprint density at radius 3 is 2.67 bits per heavy atom. The van der Waals surface area contributed by atoms with Crippen molar-refractivity contribution < 1.29 is 19.0 Å². The van der Waals surface area contributed by atoms with Crippen molar-refractivity contribution in [3.63, 3.8) is 0 Å². The molecule has 0 bridgehead atoms. The molecule has 0 radical (unpaired) electrons. The number of aromatic hydroxyl groups is 1. The van der Waals surface area contributed by atoms with Crippen molar-refractivity contribution in [1.82, 2.24) is 4.90 Å². The molecule has 1 aliphatic heterocycles. The topological polar surface area (TPSA) is 49.8 Å². The van der Waals surface area contributed by atoms with Gasteiger partial charge in [0.25, 0.3) is 5.91 Å². The van der Waals surface area contributed by atoms with Crippen LogP contribution in [0.15, 0.2) is 18.2 Å². The second-order valence-electron chi connectivity index (χ2n) is 4.39. The highest BCUT2D eigenvalue weighted by Crippen LogP contribution is 2.20. The number of methoxy groups -OCH3 is 1. The Kier molecular flexibility index (Phi) is 3.81. The number of amides is 1. The predicted octanol–water partition coefficient (Wildman–Crippen LogP) is 1.78. The van der Waals surface area contributed by atoms with E-state index in [4.69, 9.17) is 9.84 Å². The van der Waals surface area contributed by atoms with Gasteiger partial charge in [-0.15, -0.1) is 0 Å². The summed E-state index contributed by atoms with van der Waals surface area (Å²) in [6, 6.07) is 3.59. The van der Waals surface area contributed by atoms with E-state index in [-0.39, 0.29) is 23.3 Å². The van der Waals surface area contributed by atoms with Gasteiger partial charge in [0, 0.05) is 26.3 Å². The molecule has 1 heterocycles. The van der Waals surface area contributed by atoms with Crippen LogP contribution in [0.25, 0.3) is 0 Å². The first kappa shape index (κ1) is 12.8. The predicted molar refractivity (Wildman–Crippen MR) is 64.0 cm³/mol. The molecule has 0 spiro atoms. The van der Waals surface area contributed by atoms with Crippen LogP contribution >= 0.6 is 0 Å². The summed E-state index contributed by atoms with van der Waals surface area (Å²) in [4.78, 5) is 13.7. The minimum atomic E-state index is -0.686. The van der Waals surface area contributed by atoms with Gasteiger partial charge in [0.1, 0.15) is 11.6 Å². The van der Waals surface area contributed by atoms with Crippen LogP contribution in [-0.2, 0) is 4.74 Å². The first-order valence-electron chi connectivity index (χ1n) is 5.92. The third-order valence-corrected chi connectivity index (χ3v) is 3.25. The van der Waals surface area contributed by atoms with Crippen LogP contribution in [0.1, 0.15) is 23.2 Å². The Bertz CT molecular complexity index is 442. The Morgan fingerprint density at radius 1 is 1.44 bits per heavy atom. The van der Waals surface area contributed by atoms with Gasteiger partial charge < -0.3 is 14.7 Å². The monoisotopic (exact) mass is 253 g/mol. The molecule has 1 saturated heterocycles. The molecule has 98 valence electrons. The maximum atomic E-state index is 13.6. The van der Waals surface area contributed by atoms with E-state index >= 15 is 0 Å². The first-order valence-corrected chi connectivity index (χ1v) is 5.92. The molecule has 5 heteroatoms. The highest BCUT2D eigenvalue weighted by Gasteiger charge is 2.25. The van der Waals surface area contributed by atoms with E-state index in [0.29, 0.717) is 13.1 Å². The zero-order valence-electron chi connectivity index (χ0n) is 10.2. The van der Waals surface area contributed by atoms with Gasteiger partial charge in [-0.2, -0.15) is 0 Å². The summed E-state index contributed by atoms with van der Waals surface area (Å²) >= 11 is 0. The number of piperidine rings is 1. The summed E-state index contributed by atoms with van der Waals surface area (Å²) < 4.78 is 18.8. The molecule has 1 fully saturated rings. The van der Waals surface area contributed by atoms with Gasteiger partial charge in [0.15, 0.2) is 0 Å². The molecular formula is C13H16FNO3. The molecule has 2 rings (SSSR count). The molecule has 18 heavy (non-hydrogen) atoms. The first-order chi connectivity index (χ1) is 8.61. The van der Waals surface area contributed by atoms with Crippen LogP contribution in [-0.4, -0.2) is 42.2 Å². The number of likely N-dealkylation sites (tertiary alicyclic amines) is 1. The smallest absolute Gasteiger partial charge is 0.256 e. The van der Waals surface area contributed by atoms with E-state index < -0.39 is 5.82 Å². The summed E-state index contributed by atoms with van der Waals surface area (Å²) in [5.41, 5.74) is 0.00340. The molecular weight excluding hydrogens is 237 g/mol. The maximum Gasteiger partial charge on any atom is 0.256 e. The zero-order valence-corrected chi connectivity index (χ0v) is 10.2. The van der Waals surface area contributed by atoms with Crippen molar-refractivity contribution >= 4 is 5.91 Å². The van der Waals surface area contributed by atoms with Gasteiger partial charge in [0.05, 0.1) is 11.7 Å². The number of carbonyl (C=O) groups is 1. The molecule has 1 aromatic rings. The average Bonchev–Trinajstić information content (AvgIpc) is 2.38. The van der Waals surface area contributed by atoms with Gasteiger partial charge in [-0.25, -0.2) is 4.39 Å². The number of benzene rings is 1. The number of carbonyl (C=O) groups excluding carboxylic acids is 1. The number of nitrogens with zero attached hydrogens (tertiary/aromatic N) is 1. The van der Waals surface area contributed by atoms with Gasteiger partial charge in [-0.3, -0.25) is 4.79 Å². The van der Waals surface area contributed by atoms with Crippen LogP contribution in [0.2, 0.25) is 0 Å². The average molecular weight is 253 g/mol. The van der Waals surface area contributed by atoms with Crippen molar-refractivity contribution in [1.29, 1.82) is 0 Å². The van der Waals surface area contributed by atoms with E-state index in [2.05, 4.69) is 0 Å². The lowest BCUT2D eigenvalue weighted by Crippen LogP contribution is -2.40. The normalized spacial score (nSPS) is 16.9. The number of phenolic OH excluding ortho intramolecular Hbond substituents is 1. The van der Waals surface area contributed by atoms with Crippen molar-refractivity contribution in [3.05, 3.63) is 29.6 Å². The van der Waals surface area contributed by atoms with Gasteiger partial charge in [0.2, 0.25) is 0 Å². The highest BCUT2D eigenvalue weighted by molar-refractivity contribution is 5.94. The van der Waals surface area contributed by atoms with E-state index in [9.17, 15) is 9.18 Å². The summed E-state index contributed by atoms with van der Waals surface area (Å²) in [5, 5.41) is 9.11. The summed E-state index contributed by atoms with van der Waals surface area (Å²) in [5.74, 6) is -1.20. The summed E-state index contributed by atoms with van der Waals surface area (Å²) in [7, 11) is 1.65. The molecule has 1 aromatic carbocycles. The third kappa shape index (κ3) is 2.61. The van der Waals surface area contributed by atoms with Crippen LogP contribution in [0.3, 0.4) is 0 Å². The quantitative estimate of drug-likeness (QED) is 0.874. The van der Waals surface area contributed by atoms with Gasteiger partial charge in [-0.1, -0.05) is 0 Å². The third-order valence-electron chi connectivity index (χ3n) is 3.25. The minimum absolute atomic E-state index is 0.00340. The highest BCUT2D eigenvalue weighted by atomic mass is 19.1. The SMILES string of the molecule is COC1CCN(C(=O)c2ccc(O)cc2F)CC1. The minimum Gasteiger partial charge on any atom is -0.508 e. The molecule has 0 atom stereocenters. The van der Waals surface area contributed by atoms with Gasteiger partial charge in [-0.05, 0) is 25.0 Å². The Morgan fingerprint density at radius 2 is 2.11 bits per heavy atom. The second-order valence-corrected chi connectivity index (χ2v) is 4.39. The summed E-state index contributed by atoms with van der Waals surface area (Å²) in [6.07, 6.45) is 1.71. The standard InChI is InChI=1S/C13H16FNO3/c1-18-10-4-6-15(7-5-10)13(17)11-3-2-9(16)8-12(11)14/h2-3,8,10,16H,4-7H2,1H3. The number of hydrogen-bond donors (Lipinski definition) is 1. The van der Waals surface area contributed by atoms with Crippen molar-refractivity contribution in [2.75, 3.05) is 20.2 Å². The Labute approximate surface area is 105 Å². The maximum absolute atomic E-state index is 13.6. The van der Waals surface area contributed by atoms with Crippen LogP contribution in [0, 0.1) is 5.82 Å². The molecule has 4 nitrogen and oxygen atoms in total. The van der Waals surface area contributed by atoms with E-state index in [1.807, 2.05) is 0 Å². The lowest BCUT2D eigenvalue weighted by atomic mass is 10.1. The van der Waals surface area contributed by atoms with Crippen molar-refractivity contribution in [2.45, 2.75) is 18.9 Å². The lowest BCUT2D eigenvalue weighted by molar-refractivity contribution is 0.0348. The molecule has 0 aromatic heterocycles. The van der Waals surface area contributed by atoms with E-state index in [0.717, 1.165) is 18.9 Å². The van der Waals surface area contributed by atoms with E-state index in [1.54, 1.807) is 12.0 Å². The van der Waals surface area contributed by atoms with E-state index in [1.165, 1.54) is 12.1 Å². The molecule has 0 unspecified atom stereocenters. The molecule has 1 aliphatic rings. The lowest BCUT2D eigenvalue weighted by Gasteiger charge is -2.31. The summed E-state index contributed by atoms with van der Waals surface area (Å²) in [6.45, 7) is 1.13. The number of ether oxygens (including phenoxy) is 1. The fourth-order valence-corrected chi connectivity index (χ4v) is 2.14. The number of hydrogen-bond acceptors (Lipinski definition) is 3. The van der Waals surface area contributed by atoms with Crippen molar-refractivity contribution in [2.24, 2.45) is 0 Å². The molecule has 0 saturated carbocycles. The fraction of sp³-hybridized carbons (Fsp3) is 0.462.